The van der Waals surface area contributed by atoms with Gasteiger partial charge in [-0.1, -0.05) is 64.0 Å². The van der Waals surface area contributed by atoms with Crippen molar-refractivity contribution in [2.45, 2.75) is 142 Å². The van der Waals surface area contributed by atoms with Crippen LogP contribution in [0, 0.1) is 24.0 Å². The van der Waals surface area contributed by atoms with Gasteiger partial charge in [0.2, 0.25) is 29.6 Å². The molecular weight excluding hydrogens is 1170 g/mol. The van der Waals surface area contributed by atoms with Crippen LogP contribution in [0.4, 0.5) is 39.3 Å². The van der Waals surface area contributed by atoms with E-state index in [0.29, 0.717) is 102 Å². The third kappa shape index (κ3) is 16.5. The van der Waals surface area contributed by atoms with Gasteiger partial charge in [0.25, 0.3) is 5.91 Å². The minimum atomic E-state index is -5.00. The number of nitrogens with zero attached hydrogens (tertiary/aromatic N) is 9. The van der Waals surface area contributed by atoms with E-state index in [4.69, 9.17) is 0 Å². The van der Waals surface area contributed by atoms with Gasteiger partial charge in [0.05, 0.1) is 44.7 Å². The molecule has 4 aliphatic heterocycles. The molecule has 5 amide bonds. The minimum absolute atomic E-state index is 0.0146. The summed E-state index contributed by atoms with van der Waals surface area (Å²) in [5.41, 5.74) is 4.03. The molecule has 3 aromatic carbocycles. The number of hydrogen-bond donors (Lipinski definition) is 4. The molecule has 478 valence electrons. The number of likely N-dealkylation sites (N-methyl/N-ethyl adjacent to an activating group) is 1. The van der Waals surface area contributed by atoms with Crippen LogP contribution in [0.1, 0.15) is 124 Å². The third-order valence-electron chi connectivity index (χ3n) is 17.5. The molecule has 3 fully saturated rings. The highest BCUT2D eigenvalue weighted by molar-refractivity contribution is 7.13. The van der Waals surface area contributed by atoms with Crippen LogP contribution in [-0.2, 0) is 38.4 Å². The molecule has 4 aliphatic rings. The molecule has 5 atom stereocenters. The number of rotatable bonds is 20. The number of alkyl halides is 3. The van der Waals surface area contributed by atoms with E-state index < -0.39 is 64.4 Å². The van der Waals surface area contributed by atoms with Gasteiger partial charge in [-0.25, -0.2) is 23.7 Å². The van der Waals surface area contributed by atoms with Crippen molar-refractivity contribution >= 4 is 63.8 Å². The Labute approximate surface area is 520 Å². The average molecular weight is 1250 g/mol. The second-order valence-electron chi connectivity index (χ2n) is 25.1. The lowest BCUT2D eigenvalue weighted by atomic mass is 9.85. The summed E-state index contributed by atoms with van der Waals surface area (Å²) in [6.45, 7) is 16.6. The number of thiazole rings is 1. The number of likely N-dealkylation sites (tertiary alicyclic amines) is 1. The van der Waals surface area contributed by atoms with Gasteiger partial charge in [0, 0.05) is 127 Å². The fourth-order valence-corrected chi connectivity index (χ4v) is 12.9. The fourth-order valence-electron chi connectivity index (χ4n) is 12.1. The van der Waals surface area contributed by atoms with E-state index in [0.717, 1.165) is 52.2 Å². The predicted molar refractivity (Wildman–Crippen MR) is 333 cm³/mol. The van der Waals surface area contributed by atoms with E-state index in [1.165, 1.54) is 17.0 Å². The number of unbranched alkanes of at least 4 members (excludes halogenated alkanes) is 3. The summed E-state index contributed by atoms with van der Waals surface area (Å²) in [4.78, 5) is 94.1. The normalized spacial score (nSPS) is 19.9. The zero-order valence-electron chi connectivity index (χ0n) is 51.6. The van der Waals surface area contributed by atoms with Crippen molar-refractivity contribution in [1.29, 1.82) is 0 Å². The average Bonchev–Trinajstić information content (AvgIpc) is 1.23. The van der Waals surface area contributed by atoms with E-state index in [2.05, 4.69) is 40.7 Å². The Bertz CT molecular complexity index is 3360. The Kier molecular flexibility index (Phi) is 21.2. The molecule has 0 saturated carbocycles. The number of amides is 5. The Morgan fingerprint density at radius 2 is 1.49 bits per heavy atom. The van der Waals surface area contributed by atoms with E-state index in [-0.39, 0.29) is 73.1 Å². The summed E-state index contributed by atoms with van der Waals surface area (Å²) in [5, 5.41) is 19.1. The first-order valence-electron chi connectivity index (χ1n) is 30.6. The van der Waals surface area contributed by atoms with Gasteiger partial charge in [-0.05, 0) is 99.5 Å². The maximum Gasteiger partial charge on any atom is 0.417 e. The summed E-state index contributed by atoms with van der Waals surface area (Å²) in [6, 6.07) is 10.8. The Morgan fingerprint density at radius 1 is 0.809 bits per heavy atom. The van der Waals surface area contributed by atoms with Crippen molar-refractivity contribution in [3.63, 3.8) is 0 Å². The highest BCUT2D eigenvalue weighted by Gasteiger charge is 2.45. The summed E-state index contributed by atoms with van der Waals surface area (Å²) in [7, 11) is 1.98. The summed E-state index contributed by atoms with van der Waals surface area (Å²) in [5.74, 6) is -3.28. The maximum atomic E-state index is 16.3. The molecule has 0 radical (unpaired) electrons. The number of piperazine rings is 2. The van der Waals surface area contributed by atoms with E-state index in [1.807, 2.05) is 93.6 Å². The molecule has 3 saturated heterocycles. The first kappa shape index (κ1) is 66.0. The molecule has 18 nitrogen and oxygen atoms in total. The number of hydrogen-bond acceptors (Lipinski definition) is 14. The van der Waals surface area contributed by atoms with E-state index >= 15 is 4.39 Å². The predicted octanol–water partition coefficient (Wildman–Crippen LogP) is 9.07. The largest absolute Gasteiger partial charge is 0.417 e. The lowest BCUT2D eigenvalue weighted by Crippen LogP contribution is -2.57. The number of aliphatic hydroxyl groups excluding tert-OH is 1. The number of benzene rings is 3. The monoisotopic (exact) mass is 1250 g/mol. The number of aliphatic hydroxyl groups is 1. The van der Waals surface area contributed by atoms with Gasteiger partial charge in [-0.2, -0.15) is 13.2 Å². The second kappa shape index (κ2) is 28.6. The maximum absolute atomic E-state index is 16.3. The molecular formula is C65H81F5N12O6S. The first-order chi connectivity index (χ1) is 42.3. The fraction of sp³-hybridized carbons (Fsp3) is 0.508. The lowest BCUT2D eigenvalue weighted by Gasteiger charge is -2.44. The van der Waals surface area contributed by atoms with Crippen LogP contribution in [0.2, 0.25) is 0 Å². The van der Waals surface area contributed by atoms with Gasteiger partial charge in [-0.15, -0.1) is 11.3 Å². The van der Waals surface area contributed by atoms with Crippen molar-refractivity contribution in [3.05, 3.63) is 124 Å². The van der Waals surface area contributed by atoms with Crippen LogP contribution < -0.4 is 25.8 Å². The second-order valence-corrected chi connectivity index (χ2v) is 25.9. The van der Waals surface area contributed by atoms with E-state index in [1.54, 1.807) is 29.2 Å². The van der Waals surface area contributed by atoms with Crippen LogP contribution >= 0.6 is 11.3 Å². The molecule has 0 bridgehead atoms. The van der Waals surface area contributed by atoms with Crippen molar-refractivity contribution < 1.29 is 51.0 Å². The minimum Gasteiger partial charge on any atom is -0.391 e. The zero-order chi connectivity index (χ0) is 63.9. The number of aromatic nitrogens is 3. The number of halogens is 5. The molecule has 5 aromatic rings. The Morgan fingerprint density at radius 3 is 2.12 bits per heavy atom. The number of aryl methyl sites for hydroxylation is 1. The van der Waals surface area contributed by atoms with Gasteiger partial charge < -0.3 is 40.7 Å². The Balaban J connectivity index is 0.695. The molecule has 2 aromatic heterocycles. The zero-order valence-corrected chi connectivity index (χ0v) is 52.5. The summed E-state index contributed by atoms with van der Waals surface area (Å²) < 4.78 is 72.4. The number of β-amino-alcohol motifs (C(OH)–C–C–N with tert-alkyl or cyclic N) is 1. The van der Waals surface area contributed by atoms with Crippen molar-refractivity contribution in [3.8, 4) is 10.4 Å². The SMILES string of the molecule is Cc1ncsc1-c1ccc(CNC(=O)[C@@H]2C[C@@H](O)CN2C(=O)[C@@H](NC(=O)CCCCCCC(=O)N2CCN(Cc3cnc(N4CC=C(c5cc(NC(=O)c6ccc(F)cc6C(F)(F)F)c(N6C[C@@H](C)N(C)[C@@H](C)C6)cc5F)CC4)nc3)CC2)C(C)(C)C)cc1. The van der Waals surface area contributed by atoms with Crippen LogP contribution in [0.25, 0.3) is 16.0 Å². The third-order valence-corrected chi connectivity index (χ3v) is 18.5. The molecule has 24 heteroatoms. The molecule has 0 spiro atoms. The van der Waals surface area contributed by atoms with E-state index in [9.17, 15) is 46.6 Å². The highest BCUT2D eigenvalue weighted by atomic mass is 32.1. The standard InChI is InChI=1S/C65H81F5N12O6S/c1-40-35-81(36-41(2)77(40)7)54-31-52(67)50(30-53(54)75-60(86)49-19-18-47(66)28-51(49)65(68,69)70)45-20-22-80(23-21-45)63-72-33-44(34-73-63)37-78-24-26-79(27-25-78)57(85)13-11-9-8-10-12-56(84)76-59(64(4,5)6)62(88)82-38-48(83)29-55(82)61(87)71-32-43-14-16-46(17-15-43)58-42(3)74-39-89-58/h14-20,28,30-31,33-34,39-41,48,55,59,83H,8-13,21-27,29,32,35-38H2,1-7H3,(H,71,87)(H,75,86)(H,76,84)/t40-,41+,48-,55+,59-/m1/s1. The molecule has 6 heterocycles. The molecule has 9 rings (SSSR count). The van der Waals surface area contributed by atoms with Gasteiger partial charge in [0.15, 0.2) is 0 Å². The lowest BCUT2D eigenvalue weighted by molar-refractivity contribution is -0.144. The smallest absolute Gasteiger partial charge is 0.391 e. The number of carbonyl (C=O) groups excluding carboxylic acids is 5. The molecule has 4 N–H and O–H groups in total. The van der Waals surface area contributed by atoms with Crippen LogP contribution in [0.5, 0.6) is 0 Å². The molecule has 89 heavy (non-hydrogen) atoms. The van der Waals surface area contributed by atoms with Gasteiger partial charge in [0.1, 0.15) is 23.7 Å². The van der Waals surface area contributed by atoms with Gasteiger partial charge >= 0.3 is 6.18 Å². The van der Waals surface area contributed by atoms with Crippen LogP contribution in [0.15, 0.2) is 78.6 Å². The molecule has 0 unspecified atom stereocenters. The first-order valence-corrected chi connectivity index (χ1v) is 31.5. The number of carbonyl (C=O) groups is 5. The molecule has 0 aliphatic carbocycles. The van der Waals surface area contributed by atoms with Crippen molar-refractivity contribution in [1.82, 2.24) is 45.2 Å². The number of nitrogens with one attached hydrogen (secondary N) is 3. The van der Waals surface area contributed by atoms with Gasteiger partial charge in [-0.3, -0.25) is 33.8 Å². The Hall–Kier alpha value is -7.41. The van der Waals surface area contributed by atoms with Crippen LogP contribution in [0.3, 0.4) is 0 Å². The van der Waals surface area contributed by atoms with Crippen molar-refractivity contribution in [2.24, 2.45) is 5.41 Å². The summed E-state index contributed by atoms with van der Waals surface area (Å²) in [6.07, 6.45) is 3.32. The summed E-state index contributed by atoms with van der Waals surface area (Å²) >= 11 is 1.56. The highest BCUT2D eigenvalue weighted by Crippen LogP contribution is 2.39. The van der Waals surface area contributed by atoms with Crippen LogP contribution in [-0.4, -0.2) is 165 Å². The number of anilines is 3. The topological polar surface area (TPSA) is 200 Å². The quantitative estimate of drug-likeness (QED) is 0.0426. The van der Waals surface area contributed by atoms with Crippen molar-refractivity contribution in [2.75, 3.05) is 81.1 Å².